The third-order valence-corrected chi connectivity index (χ3v) is 34.9. The van der Waals surface area contributed by atoms with Gasteiger partial charge in [0.25, 0.3) is 0 Å². The largest absolute Gasteiger partial charge is 0.0683 e. The number of rotatable bonds is 17. The van der Waals surface area contributed by atoms with Gasteiger partial charge in [-0.05, 0) is 390 Å². The van der Waals surface area contributed by atoms with Crippen LogP contribution in [0.4, 0.5) is 0 Å². The maximum Gasteiger partial charge on any atom is -0.0151 e. The fraction of sp³-hybridized carbons (Fsp3) is 0.716. The molecule has 13 unspecified atom stereocenters. The van der Waals surface area contributed by atoms with Crippen LogP contribution < -0.4 is 0 Å². The zero-order chi connectivity index (χ0) is 115. The molecule has 9 saturated carbocycles. The third kappa shape index (κ3) is 37.9. The highest BCUT2D eigenvalue weighted by Crippen LogP contribution is 2.73. The maximum absolute atomic E-state index is 2.70. The van der Waals surface area contributed by atoms with Crippen LogP contribution in [0.1, 0.15) is 638 Å². The van der Waals surface area contributed by atoms with Gasteiger partial charge in [0.2, 0.25) is 0 Å². The quantitative estimate of drug-likeness (QED) is 0.0852. The van der Waals surface area contributed by atoms with Crippen molar-refractivity contribution in [2.24, 2.45) is 87.3 Å². The molecule has 0 aliphatic heterocycles. The van der Waals surface area contributed by atoms with E-state index in [9.17, 15) is 0 Å². The van der Waals surface area contributed by atoms with E-state index in [-0.39, 0.29) is 0 Å². The second-order valence-corrected chi connectivity index (χ2v) is 38.9. The summed E-state index contributed by atoms with van der Waals surface area (Å²) in [4.78, 5) is 0. The zero-order valence-corrected chi connectivity index (χ0v) is 111. The van der Waals surface area contributed by atoms with Crippen molar-refractivity contribution < 1.29 is 0 Å². The van der Waals surface area contributed by atoms with Gasteiger partial charge < -0.3 is 0 Å². The fourth-order valence-corrected chi connectivity index (χ4v) is 31.1. The van der Waals surface area contributed by atoms with E-state index in [1.54, 1.807) is 94.6 Å². The summed E-state index contributed by atoms with van der Waals surface area (Å²) in [6.07, 6.45) is 40.2. The molecule has 0 saturated heterocycles. The van der Waals surface area contributed by atoms with Crippen LogP contribution >= 0.6 is 0 Å². The van der Waals surface area contributed by atoms with E-state index >= 15 is 0 Å². The van der Waals surface area contributed by atoms with E-state index in [0.29, 0.717) is 34.0 Å². The van der Waals surface area contributed by atoms with Crippen LogP contribution in [0.2, 0.25) is 0 Å². The first-order valence-electron chi connectivity index (χ1n) is 66.2. The summed E-state index contributed by atoms with van der Waals surface area (Å²) >= 11 is 0. The molecule has 0 bridgehead atoms. The molecule has 16 rings (SSSR count). The minimum Gasteiger partial charge on any atom is -0.0683 e. The molecule has 0 N–H and O–H groups in total. The molecule has 0 radical (unpaired) electrons. The smallest absolute Gasteiger partial charge is 0.0151 e. The Balaban J connectivity index is -0.000000440. The lowest BCUT2D eigenvalue weighted by molar-refractivity contribution is -0.139. The van der Waals surface area contributed by atoms with E-state index in [2.05, 4.69) is 262 Å². The lowest BCUT2D eigenvalue weighted by Crippen LogP contribution is -2.57. The highest BCUT2D eigenvalue weighted by atomic mass is 14.7. The van der Waals surface area contributed by atoms with Crippen molar-refractivity contribution in [1.29, 1.82) is 0 Å². The van der Waals surface area contributed by atoms with Crippen LogP contribution in [0.15, 0.2) is 152 Å². The average Bonchev–Trinajstić information content (AvgIpc) is 0.728. The Bertz CT molecular complexity index is 3940. The van der Waals surface area contributed by atoms with Crippen LogP contribution in [0.25, 0.3) is 0 Å². The summed E-state index contributed by atoms with van der Waals surface area (Å²) in [5.74, 6) is 15.4. The van der Waals surface area contributed by atoms with Crippen LogP contribution in [0.5, 0.6) is 0 Å². The molecule has 3 spiro atoms. The van der Waals surface area contributed by atoms with E-state index < -0.39 is 0 Å². The van der Waals surface area contributed by atoms with Gasteiger partial charge in [-0.15, -0.1) is 0 Å². The fourth-order valence-electron chi connectivity index (χ4n) is 31.1. The molecule has 148 heavy (non-hydrogen) atoms. The summed E-state index contributed by atoms with van der Waals surface area (Å²) in [5.41, 5.74) is 29.8. The van der Waals surface area contributed by atoms with Crippen LogP contribution in [-0.2, 0) is 64.2 Å². The lowest BCUT2D eigenvalue weighted by Gasteiger charge is -2.65. The summed E-state index contributed by atoms with van der Waals surface area (Å²) in [5, 5.41) is 0. The Kier molecular flexibility index (Phi) is 93.9. The predicted octanol–water partition coefficient (Wildman–Crippen LogP) is 50.0. The Morgan fingerprint density at radius 1 is 0.155 bits per heavy atom. The van der Waals surface area contributed by atoms with Gasteiger partial charge in [-0.2, -0.15) is 0 Å². The number of hydrogen-bond acceptors (Lipinski definition) is 0. The van der Waals surface area contributed by atoms with Gasteiger partial charge >= 0.3 is 0 Å². The predicted molar refractivity (Wildman–Crippen MR) is 689 cm³/mol. The van der Waals surface area contributed by atoms with Crippen LogP contribution in [0.3, 0.4) is 0 Å². The number of aryl methyl sites for hydroxylation is 10. The van der Waals surface area contributed by atoms with Crippen molar-refractivity contribution in [1.82, 2.24) is 0 Å². The number of benzene rings is 7. The molecule has 0 aromatic heterocycles. The molecule has 7 aromatic carbocycles. The van der Waals surface area contributed by atoms with Crippen molar-refractivity contribution in [2.45, 2.75) is 608 Å². The van der Waals surface area contributed by atoms with Crippen molar-refractivity contribution >= 4 is 0 Å². The molecule has 858 valence electrons. The highest BCUT2D eigenvalue weighted by molar-refractivity contribution is 5.45. The zero-order valence-electron chi connectivity index (χ0n) is 111. The Labute approximate surface area is 935 Å². The first-order chi connectivity index (χ1) is 72.5. The molecule has 0 heterocycles. The molecule has 0 heteroatoms. The molecule has 9 aliphatic carbocycles. The molecule has 22 atom stereocenters. The second-order valence-electron chi connectivity index (χ2n) is 38.9. The van der Waals surface area contributed by atoms with E-state index in [1.807, 2.05) is 263 Å². The van der Waals surface area contributed by atoms with Gasteiger partial charge in [-0.25, -0.2) is 0 Å². The van der Waals surface area contributed by atoms with Gasteiger partial charge in [0.15, 0.2) is 0 Å². The summed E-state index contributed by atoms with van der Waals surface area (Å²) in [7, 11) is 0. The van der Waals surface area contributed by atoms with E-state index in [1.165, 1.54) is 167 Å². The molecule has 0 nitrogen and oxygen atoms in total. The van der Waals surface area contributed by atoms with Crippen LogP contribution in [0, 0.1) is 87.3 Å². The van der Waals surface area contributed by atoms with Gasteiger partial charge in [0, 0.05) is 0 Å². The maximum atomic E-state index is 2.70. The Morgan fingerprint density at radius 2 is 0.297 bits per heavy atom. The molecular formula is C148H266. The lowest BCUT2D eigenvalue weighted by atomic mass is 9.39. The average molecular weight is 2050 g/mol. The van der Waals surface area contributed by atoms with Gasteiger partial charge in [0.1, 0.15) is 0 Å². The van der Waals surface area contributed by atoms with E-state index in [0.717, 1.165) is 120 Å². The minimum absolute atomic E-state index is 0.485. The minimum atomic E-state index is 0.485. The van der Waals surface area contributed by atoms with Gasteiger partial charge in [0.05, 0.1) is 0 Å². The molecule has 0 amide bonds. The summed E-state index contributed by atoms with van der Waals surface area (Å²) < 4.78 is 0. The highest BCUT2D eigenvalue weighted by Gasteiger charge is 2.64. The van der Waals surface area contributed by atoms with Crippen molar-refractivity contribution in [3.05, 3.63) is 246 Å². The molecule has 9 aliphatic rings. The standard InChI is InChI=1S/C42H56.2C34H48.19C2H6/c1-7-30-16-11-13-20-39(30)34-22-28(5)42-29(6)23-36(41-32(9-3)18-15-19-33(41)10-4)27-38(42)26-35(25-37(42)24-34)40-21-14-12-17-31(40)8-2;2*1-6-25-14-9-10-18-32(25)28-20-30-17-11-13-23(4)34(30)24(5)19-29(22-31(34)21-28)33-26(7-2)15-12-16-27(33)8-3;19*1-2/h11-21,28-29,34-38H,7-10,22-27H2,1-6H3;2*9-10,12,14-16,18,23-24,28-31H,6-8,11,13,17,19-22H2,1-5H3;19*1-2H3/t28?,29-,34?,35?,36+,37?,38+,42?;2*23?,24-,28?,29+,30?,31+,34?;;;;;;;;;;;;;;;;;;;/m000.................../s1. The van der Waals surface area contributed by atoms with Gasteiger partial charge in [-0.3, -0.25) is 0 Å². The topological polar surface area (TPSA) is 0 Å². The van der Waals surface area contributed by atoms with Crippen molar-refractivity contribution in [3.63, 3.8) is 0 Å². The Morgan fingerprint density at radius 3 is 0.480 bits per heavy atom. The molecular weight excluding hydrogens is 1780 g/mol. The molecule has 9 fully saturated rings. The summed E-state index contributed by atoms with van der Waals surface area (Å²) in [6, 6.07) is 59.3. The van der Waals surface area contributed by atoms with Gasteiger partial charge in [-0.1, -0.05) is 551 Å². The number of hydrogen-bond donors (Lipinski definition) is 0. The summed E-state index contributed by atoms with van der Waals surface area (Å²) in [6.45, 7) is 116. The van der Waals surface area contributed by atoms with Crippen molar-refractivity contribution in [2.75, 3.05) is 0 Å². The first-order valence-corrected chi connectivity index (χ1v) is 66.2. The van der Waals surface area contributed by atoms with E-state index in [4.69, 9.17) is 0 Å². The van der Waals surface area contributed by atoms with Crippen LogP contribution in [-0.4, -0.2) is 0 Å². The monoisotopic (exact) mass is 2040 g/mol. The SMILES string of the molecule is CC.CC.CC.CC.CC.CC.CC.CC.CC.CC.CC.CC.CC.CC.CC.CC.CC.CC.CC.CCc1ccccc1C1CC(C)C23C(C1)CC(c1ccccc1CC)C[C@@H]2C[C@H](c1c(CC)cccc1CC)C[C@@H]3C.CCc1ccccc1C1CC2CCCC(C)C23[C@H](C1)C[C@H](c1c(CC)cccc1CC)C[C@@H]3C.CCc1ccccc1C1CC2CCCC(C)C23[C@H](C1)C[C@H](c1c(CC)cccc1CC)C[C@@H]3C. The second kappa shape index (κ2) is 90.7. The molecule has 7 aromatic rings. The van der Waals surface area contributed by atoms with Crippen molar-refractivity contribution in [3.8, 4) is 0 Å². The first kappa shape index (κ1) is 153. The Hall–Kier alpha value is -5.46. The third-order valence-electron chi connectivity index (χ3n) is 34.9. The normalized spacial score (nSPS) is 26.3.